The van der Waals surface area contributed by atoms with E-state index in [-0.39, 0.29) is 5.25 Å². The second-order valence-electron chi connectivity index (χ2n) is 5.05. The molecule has 1 nitrogen and oxygen atoms in total. The first-order valence-electron chi connectivity index (χ1n) is 6.73. The molecule has 0 spiro atoms. The van der Waals surface area contributed by atoms with Crippen LogP contribution in [0, 0.1) is 13.8 Å². The first kappa shape index (κ1) is 15.4. The molecule has 106 valence electrons. The number of hydrogen-bond acceptors (Lipinski definition) is 2. The Morgan fingerprint density at radius 1 is 1.10 bits per heavy atom. The Labute approximate surface area is 130 Å². The van der Waals surface area contributed by atoms with Gasteiger partial charge in [0.15, 0.2) is 0 Å². The van der Waals surface area contributed by atoms with E-state index < -0.39 is 0 Å². The summed E-state index contributed by atoms with van der Waals surface area (Å²) in [6.07, 6.45) is 0. The number of benzene rings is 2. The monoisotopic (exact) mass is 305 g/mol. The quantitative estimate of drug-likeness (QED) is 0.851. The van der Waals surface area contributed by atoms with Crippen molar-refractivity contribution in [2.24, 2.45) is 5.73 Å². The third-order valence-corrected chi connectivity index (χ3v) is 4.89. The highest BCUT2D eigenvalue weighted by molar-refractivity contribution is 7.98. The van der Waals surface area contributed by atoms with E-state index >= 15 is 0 Å². The molecule has 2 rings (SSSR count). The van der Waals surface area contributed by atoms with Gasteiger partial charge in [-0.05, 0) is 31.0 Å². The van der Waals surface area contributed by atoms with Gasteiger partial charge in [0.1, 0.15) is 0 Å². The highest BCUT2D eigenvalue weighted by atomic mass is 35.5. The van der Waals surface area contributed by atoms with Crippen LogP contribution < -0.4 is 5.73 Å². The standard InChI is InChI=1S/C17H20ClNS/c1-12-7-13(2)9-14(8-12)11-20-17(10-19)15-5-3-4-6-16(15)18/h3-9,17H,10-11,19H2,1-2H3. The second kappa shape index (κ2) is 7.16. The minimum absolute atomic E-state index is 0.240. The van der Waals surface area contributed by atoms with Crippen LogP contribution in [0.25, 0.3) is 0 Å². The van der Waals surface area contributed by atoms with Crippen LogP contribution in [-0.2, 0) is 5.75 Å². The summed E-state index contributed by atoms with van der Waals surface area (Å²) >= 11 is 8.11. The highest BCUT2D eigenvalue weighted by Crippen LogP contribution is 2.34. The Bertz CT molecular complexity index is 563. The number of halogens is 1. The molecule has 0 aliphatic heterocycles. The molecule has 0 aromatic heterocycles. The summed E-state index contributed by atoms with van der Waals surface area (Å²) in [7, 11) is 0. The zero-order chi connectivity index (χ0) is 14.5. The molecule has 0 saturated heterocycles. The molecule has 2 aromatic carbocycles. The SMILES string of the molecule is Cc1cc(C)cc(CSC(CN)c2ccccc2Cl)c1. The predicted molar refractivity (Wildman–Crippen MR) is 90.5 cm³/mol. The Kier molecular flexibility index (Phi) is 5.53. The lowest BCUT2D eigenvalue weighted by Crippen LogP contribution is -2.10. The topological polar surface area (TPSA) is 26.0 Å². The van der Waals surface area contributed by atoms with Crippen LogP contribution in [0.3, 0.4) is 0 Å². The second-order valence-corrected chi connectivity index (χ2v) is 6.65. The van der Waals surface area contributed by atoms with Gasteiger partial charge in [0, 0.05) is 22.6 Å². The summed E-state index contributed by atoms with van der Waals surface area (Å²) in [4.78, 5) is 0. The zero-order valence-corrected chi connectivity index (χ0v) is 13.5. The number of aryl methyl sites for hydroxylation is 2. The van der Waals surface area contributed by atoms with Crippen LogP contribution >= 0.6 is 23.4 Å². The maximum Gasteiger partial charge on any atom is 0.0449 e. The van der Waals surface area contributed by atoms with Crippen molar-refractivity contribution in [1.82, 2.24) is 0 Å². The minimum atomic E-state index is 0.240. The molecule has 0 fully saturated rings. The van der Waals surface area contributed by atoms with Crippen molar-refractivity contribution in [3.05, 3.63) is 69.7 Å². The molecule has 1 unspecified atom stereocenters. The van der Waals surface area contributed by atoms with E-state index in [1.165, 1.54) is 16.7 Å². The number of thioether (sulfide) groups is 1. The maximum atomic E-state index is 6.26. The van der Waals surface area contributed by atoms with E-state index in [0.29, 0.717) is 6.54 Å². The van der Waals surface area contributed by atoms with Gasteiger partial charge in [0.2, 0.25) is 0 Å². The largest absolute Gasteiger partial charge is 0.329 e. The number of rotatable bonds is 5. The molecule has 0 aliphatic carbocycles. The molecule has 0 heterocycles. The summed E-state index contributed by atoms with van der Waals surface area (Å²) in [5, 5.41) is 1.04. The normalized spacial score (nSPS) is 12.4. The lowest BCUT2D eigenvalue weighted by Gasteiger charge is -2.16. The van der Waals surface area contributed by atoms with E-state index in [2.05, 4.69) is 38.1 Å². The smallest absolute Gasteiger partial charge is 0.0449 e. The fourth-order valence-corrected chi connectivity index (χ4v) is 3.78. The van der Waals surface area contributed by atoms with Crippen LogP contribution in [0.1, 0.15) is 27.5 Å². The lowest BCUT2D eigenvalue weighted by molar-refractivity contribution is 0.940. The molecular formula is C17H20ClNS. The molecule has 2 aromatic rings. The van der Waals surface area contributed by atoms with Crippen molar-refractivity contribution in [1.29, 1.82) is 0 Å². The Morgan fingerprint density at radius 2 is 1.75 bits per heavy atom. The molecule has 2 N–H and O–H groups in total. The maximum absolute atomic E-state index is 6.26. The van der Waals surface area contributed by atoms with Gasteiger partial charge < -0.3 is 5.73 Å². The van der Waals surface area contributed by atoms with Crippen LogP contribution in [0.15, 0.2) is 42.5 Å². The summed E-state index contributed by atoms with van der Waals surface area (Å²) in [6, 6.07) is 14.6. The molecular weight excluding hydrogens is 286 g/mol. The molecule has 0 amide bonds. The van der Waals surface area contributed by atoms with E-state index in [4.69, 9.17) is 17.3 Å². The Morgan fingerprint density at radius 3 is 2.35 bits per heavy atom. The van der Waals surface area contributed by atoms with Crippen molar-refractivity contribution < 1.29 is 0 Å². The van der Waals surface area contributed by atoms with Crippen LogP contribution in [0.4, 0.5) is 0 Å². The number of hydrogen-bond donors (Lipinski definition) is 1. The highest BCUT2D eigenvalue weighted by Gasteiger charge is 2.13. The van der Waals surface area contributed by atoms with Gasteiger partial charge in [-0.3, -0.25) is 0 Å². The summed E-state index contributed by atoms with van der Waals surface area (Å²) < 4.78 is 0. The lowest BCUT2D eigenvalue weighted by atomic mass is 10.1. The minimum Gasteiger partial charge on any atom is -0.329 e. The molecule has 0 radical (unpaired) electrons. The van der Waals surface area contributed by atoms with Gasteiger partial charge in [-0.1, -0.05) is 59.1 Å². The van der Waals surface area contributed by atoms with Crippen molar-refractivity contribution in [3.8, 4) is 0 Å². The van der Waals surface area contributed by atoms with Gasteiger partial charge in [-0.15, -0.1) is 11.8 Å². The summed E-state index contributed by atoms with van der Waals surface area (Å²) in [5.41, 5.74) is 11.0. The van der Waals surface area contributed by atoms with Gasteiger partial charge in [-0.25, -0.2) is 0 Å². The average molecular weight is 306 g/mol. The van der Waals surface area contributed by atoms with E-state index in [0.717, 1.165) is 16.3 Å². The molecule has 0 aliphatic rings. The first-order chi connectivity index (χ1) is 9.60. The fraction of sp³-hybridized carbons (Fsp3) is 0.294. The molecule has 0 bridgehead atoms. The summed E-state index contributed by atoms with van der Waals surface area (Å²) in [6.45, 7) is 4.87. The predicted octanol–water partition coefficient (Wildman–Crippen LogP) is 4.89. The van der Waals surface area contributed by atoms with Crippen molar-refractivity contribution in [2.45, 2.75) is 24.9 Å². The van der Waals surface area contributed by atoms with E-state index in [1.54, 1.807) is 0 Å². The van der Waals surface area contributed by atoms with Crippen LogP contribution in [-0.4, -0.2) is 6.54 Å². The Hall–Kier alpha value is -0.960. The summed E-state index contributed by atoms with van der Waals surface area (Å²) in [5.74, 6) is 0.954. The van der Waals surface area contributed by atoms with E-state index in [1.807, 2.05) is 30.0 Å². The van der Waals surface area contributed by atoms with E-state index in [9.17, 15) is 0 Å². The van der Waals surface area contributed by atoms with Crippen molar-refractivity contribution in [3.63, 3.8) is 0 Å². The third kappa shape index (κ3) is 4.02. The fourth-order valence-electron chi connectivity index (χ4n) is 2.37. The van der Waals surface area contributed by atoms with Gasteiger partial charge in [-0.2, -0.15) is 0 Å². The van der Waals surface area contributed by atoms with Crippen molar-refractivity contribution in [2.75, 3.05) is 6.54 Å². The molecule has 3 heteroatoms. The molecule has 0 saturated carbocycles. The Balaban J connectivity index is 2.10. The van der Waals surface area contributed by atoms with Gasteiger partial charge >= 0.3 is 0 Å². The van der Waals surface area contributed by atoms with Crippen molar-refractivity contribution >= 4 is 23.4 Å². The van der Waals surface area contributed by atoms with Crippen LogP contribution in [0.2, 0.25) is 5.02 Å². The molecule has 1 atom stereocenters. The van der Waals surface area contributed by atoms with Gasteiger partial charge in [0.25, 0.3) is 0 Å². The average Bonchev–Trinajstić information content (AvgIpc) is 2.40. The van der Waals surface area contributed by atoms with Crippen LogP contribution in [0.5, 0.6) is 0 Å². The number of nitrogens with two attached hydrogens (primary N) is 1. The third-order valence-electron chi connectivity index (χ3n) is 3.20. The molecule has 20 heavy (non-hydrogen) atoms. The first-order valence-corrected chi connectivity index (χ1v) is 8.16. The van der Waals surface area contributed by atoms with Gasteiger partial charge in [0.05, 0.1) is 0 Å². The zero-order valence-electron chi connectivity index (χ0n) is 11.9.